The number of benzene rings is 1. The minimum Gasteiger partial charge on any atom is -0.475 e. The summed E-state index contributed by atoms with van der Waals surface area (Å²) in [5, 5.41) is 12.3. The third-order valence-corrected chi connectivity index (χ3v) is 3.04. The molecule has 1 heterocycles. The Morgan fingerprint density at radius 3 is 2.71 bits per heavy atom. The van der Waals surface area contributed by atoms with Gasteiger partial charge in [0.25, 0.3) is 0 Å². The maximum atomic E-state index is 11.5. The van der Waals surface area contributed by atoms with Gasteiger partial charge in [-0.05, 0) is 51.0 Å². The molecule has 0 unspecified atom stereocenters. The van der Waals surface area contributed by atoms with Crippen LogP contribution in [0.2, 0.25) is 0 Å². The summed E-state index contributed by atoms with van der Waals surface area (Å²) in [4.78, 5) is 22.4. The lowest BCUT2D eigenvalue weighted by molar-refractivity contribution is 0.0528. The van der Waals surface area contributed by atoms with E-state index in [0.29, 0.717) is 18.5 Å². The first-order valence-electron chi connectivity index (χ1n) is 7.65. The number of hydrogen-bond donors (Lipinski definition) is 2. The average molecular weight is 331 g/mol. The topological polar surface area (TPSA) is 88.8 Å². The van der Waals surface area contributed by atoms with E-state index >= 15 is 0 Å². The van der Waals surface area contributed by atoms with Crippen molar-refractivity contribution < 1.29 is 23.8 Å². The van der Waals surface area contributed by atoms with Crippen molar-refractivity contribution in [3.8, 4) is 0 Å². The molecule has 0 saturated heterocycles. The molecule has 2 aromatic rings. The molecule has 0 aliphatic rings. The Kier molecular flexibility index (Phi) is 5.28. The minimum absolute atomic E-state index is 0.0762. The summed E-state index contributed by atoms with van der Waals surface area (Å²) in [6.07, 6.45) is 4.06. The molecule has 24 heavy (non-hydrogen) atoms. The second kappa shape index (κ2) is 7.21. The zero-order chi connectivity index (χ0) is 17.7. The highest BCUT2D eigenvalue weighted by Crippen LogP contribution is 2.21. The number of aromatic carboxylic acids is 1. The van der Waals surface area contributed by atoms with Crippen molar-refractivity contribution in [3.63, 3.8) is 0 Å². The number of nitrogens with one attached hydrogen (secondary N) is 1. The third kappa shape index (κ3) is 5.15. The fourth-order valence-electron chi connectivity index (χ4n) is 2.06. The first-order valence-corrected chi connectivity index (χ1v) is 7.65. The molecule has 2 N–H and O–H groups in total. The summed E-state index contributed by atoms with van der Waals surface area (Å²) in [7, 11) is 0. The number of rotatable bonds is 5. The van der Waals surface area contributed by atoms with E-state index < -0.39 is 17.7 Å². The van der Waals surface area contributed by atoms with E-state index in [9.17, 15) is 9.59 Å². The van der Waals surface area contributed by atoms with Gasteiger partial charge in [-0.3, -0.25) is 0 Å². The molecule has 1 aromatic heterocycles. The van der Waals surface area contributed by atoms with Gasteiger partial charge < -0.3 is 19.6 Å². The van der Waals surface area contributed by atoms with Crippen LogP contribution >= 0.6 is 0 Å². The number of fused-ring (bicyclic) bond motifs is 1. The number of carboxylic acids is 1. The van der Waals surface area contributed by atoms with Crippen molar-refractivity contribution in [1.29, 1.82) is 0 Å². The summed E-state index contributed by atoms with van der Waals surface area (Å²) in [6, 6.07) is 6.93. The number of carbonyl (C=O) groups excluding carboxylic acids is 1. The van der Waals surface area contributed by atoms with Gasteiger partial charge >= 0.3 is 12.1 Å². The monoisotopic (exact) mass is 331 g/mol. The Balaban J connectivity index is 1.87. The highest BCUT2D eigenvalue weighted by atomic mass is 16.6. The molecule has 1 amide bonds. The fourth-order valence-corrected chi connectivity index (χ4v) is 2.06. The largest absolute Gasteiger partial charge is 0.475 e. The van der Waals surface area contributed by atoms with Crippen LogP contribution in [-0.4, -0.2) is 29.3 Å². The standard InChI is InChI=1S/C18H21NO5/c1-18(2,3)24-17(22)19-9-5-4-6-12-7-8-14-13(10-12)11-15(23-14)16(20)21/h4,6-8,10-11H,5,9H2,1-3H3,(H,19,22)(H,20,21). The van der Waals surface area contributed by atoms with Crippen LogP contribution in [-0.2, 0) is 4.74 Å². The lowest BCUT2D eigenvalue weighted by atomic mass is 10.1. The number of amides is 1. The van der Waals surface area contributed by atoms with Crippen LogP contribution in [0.15, 0.2) is 34.8 Å². The normalized spacial score (nSPS) is 11.8. The van der Waals surface area contributed by atoms with Gasteiger partial charge in [0.15, 0.2) is 0 Å². The first-order chi connectivity index (χ1) is 11.2. The SMILES string of the molecule is CC(C)(C)OC(=O)NCCC=Cc1ccc2oc(C(=O)O)cc2c1. The van der Waals surface area contributed by atoms with Crippen LogP contribution in [0.1, 0.15) is 43.3 Å². The molecule has 1 aromatic carbocycles. The summed E-state index contributed by atoms with van der Waals surface area (Å²) in [5.74, 6) is -1.16. The maximum Gasteiger partial charge on any atom is 0.407 e. The predicted molar refractivity (Wildman–Crippen MR) is 91.1 cm³/mol. The van der Waals surface area contributed by atoms with E-state index in [1.165, 1.54) is 6.07 Å². The second-order valence-electron chi connectivity index (χ2n) is 6.33. The number of hydrogen-bond acceptors (Lipinski definition) is 4. The van der Waals surface area contributed by atoms with E-state index in [4.69, 9.17) is 14.3 Å². The van der Waals surface area contributed by atoms with Crippen molar-refractivity contribution in [1.82, 2.24) is 5.32 Å². The lowest BCUT2D eigenvalue weighted by Crippen LogP contribution is -2.32. The molecular formula is C18H21NO5. The molecule has 0 fully saturated rings. The molecule has 0 saturated carbocycles. The Morgan fingerprint density at radius 2 is 2.04 bits per heavy atom. The number of carboxylic acid groups (broad SMARTS) is 1. The van der Waals surface area contributed by atoms with Gasteiger partial charge in [-0.25, -0.2) is 9.59 Å². The van der Waals surface area contributed by atoms with Gasteiger partial charge in [0.05, 0.1) is 0 Å². The average Bonchev–Trinajstić information content (AvgIpc) is 2.88. The van der Waals surface area contributed by atoms with E-state index in [-0.39, 0.29) is 5.76 Å². The third-order valence-electron chi connectivity index (χ3n) is 3.04. The molecule has 0 aliphatic heterocycles. The molecule has 0 atom stereocenters. The number of carbonyl (C=O) groups is 2. The van der Waals surface area contributed by atoms with Crippen molar-refractivity contribution in [2.45, 2.75) is 32.8 Å². The van der Waals surface area contributed by atoms with Crippen molar-refractivity contribution in [2.24, 2.45) is 0 Å². The molecule has 2 rings (SSSR count). The molecule has 0 aliphatic carbocycles. The van der Waals surface area contributed by atoms with Crippen molar-refractivity contribution >= 4 is 29.1 Å². The zero-order valence-corrected chi connectivity index (χ0v) is 14.0. The van der Waals surface area contributed by atoms with E-state index in [2.05, 4.69) is 5.32 Å². The van der Waals surface area contributed by atoms with Crippen LogP contribution < -0.4 is 5.32 Å². The predicted octanol–water partition coefficient (Wildman–Crippen LogP) is 4.06. The van der Waals surface area contributed by atoms with Gasteiger partial charge in [0.2, 0.25) is 5.76 Å². The Morgan fingerprint density at radius 1 is 1.29 bits per heavy atom. The summed E-state index contributed by atoms with van der Waals surface area (Å²) < 4.78 is 10.3. The van der Waals surface area contributed by atoms with Crippen LogP contribution in [0, 0.1) is 0 Å². The minimum atomic E-state index is -1.09. The molecule has 6 heteroatoms. The summed E-state index contributed by atoms with van der Waals surface area (Å²) >= 11 is 0. The Bertz CT molecular complexity index is 767. The lowest BCUT2D eigenvalue weighted by Gasteiger charge is -2.19. The van der Waals surface area contributed by atoms with Crippen molar-refractivity contribution in [2.75, 3.05) is 6.54 Å². The summed E-state index contributed by atoms with van der Waals surface area (Å²) in [6.45, 7) is 5.92. The number of furan rings is 1. The van der Waals surface area contributed by atoms with Gasteiger partial charge in [-0.2, -0.15) is 0 Å². The molecule has 0 spiro atoms. The van der Waals surface area contributed by atoms with Gasteiger partial charge in [0, 0.05) is 11.9 Å². The van der Waals surface area contributed by atoms with E-state index in [0.717, 1.165) is 10.9 Å². The summed E-state index contributed by atoms with van der Waals surface area (Å²) in [5.41, 5.74) is 0.961. The van der Waals surface area contributed by atoms with Crippen LogP contribution in [0.3, 0.4) is 0 Å². The van der Waals surface area contributed by atoms with E-state index in [1.807, 2.05) is 45.1 Å². The quantitative estimate of drug-likeness (QED) is 0.807. The molecule has 128 valence electrons. The molecule has 6 nitrogen and oxygen atoms in total. The second-order valence-corrected chi connectivity index (χ2v) is 6.33. The highest BCUT2D eigenvalue weighted by molar-refractivity contribution is 5.92. The maximum absolute atomic E-state index is 11.5. The van der Waals surface area contributed by atoms with Crippen molar-refractivity contribution in [3.05, 3.63) is 41.7 Å². The Hall–Kier alpha value is -2.76. The van der Waals surface area contributed by atoms with Crippen LogP contribution in [0.25, 0.3) is 17.0 Å². The van der Waals surface area contributed by atoms with E-state index in [1.54, 1.807) is 6.07 Å². The van der Waals surface area contributed by atoms with Gasteiger partial charge in [-0.1, -0.05) is 18.2 Å². The fraction of sp³-hybridized carbons (Fsp3) is 0.333. The van der Waals surface area contributed by atoms with Gasteiger partial charge in [0.1, 0.15) is 11.2 Å². The van der Waals surface area contributed by atoms with Crippen LogP contribution in [0.4, 0.5) is 4.79 Å². The zero-order valence-electron chi connectivity index (χ0n) is 14.0. The smallest absolute Gasteiger partial charge is 0.407 e. The number of alkyl carbamates (subject to hydrolysis) is 1. The molecule has 0 bridgehead atoms. The first kappa shape index (κ1) is 17.6. The number of ether oxygens (including phenoxy) is 1. The molecule has 0 radical (unpaired) electrons. The highest BCUT2D eigenvalue weighted by Gasteiger charge is 2.15. The van der Waals surface area contributed by atoms with Gasteiger partial charge in [-0.15, -0.1) is 0 Å². The molecular weight excluding hydrogens is 310 g/mol. The Labute approximate surface area is 140 Å². The van der Waals surface area contributed by atoms with Crippen LogP contribution in [0.5, 0.6) is 0 Å².